The van der Waals surface area contributed by atoms with E-state index in [0.717, 1.165) is 6.07 Å². The Morgan fingerprint density at radius 1 is 1.19 bits per heavy atom. The number of amides is 1. The fraction of sp³-hybridized carbons (Fsp3) is 0.125. The topological polar surface area (TPSA) is 108 Å². The van der Waals surface area contributed by atoms with Crippen molar-refractivity contribution in [2.45, 2.75) is 0 Å². The molecule has 10 heteroatoms. The molecule has 0 saturated heterocycles. The number of hydrogen-bond acceptors (Lipinski definition) is 6. The summed E-state index contributed by atoms with van der Waals surface area (Å²) in [6.07, 6.45) is 0. The van der Waals surface area contributed by atoms with E-state index in [1.165, 1.54) is 36.4 Å². The average molecular weight is 383 g/mol. The Balaban J connectivity index is 1.80. The summed E-state index contributed by atoms with van der Waals surface area (Å²) in [5.74, 6) is -2.30. The quantitative estimate of drug-likeness (QED) is 0.448. The maximum Gasteiger partial charge on any atom is 0.344 e. The highest BCUT2D eigenvalue weighted by Gasteiger charge is 2.16. The number of hydrogen-bond donors (Lipinski definition) is 1. The molecule has 1 amide bonds. The van der Waals surface area contributed by atoms with Crippen LogP contribution in [-0.4, -0.2) is 30.0 Å². The number of benzene rings is 2. The fourth-order valence-corrected chi connectivity index (χ4v) is 2.01. The van der Waals surface area contributed by atoms with E-state index in [1.54, 1.807) is 0 Å². The van der Waals surface area contributed by atoms with Crippen molar-refractivity contribution in [1.29, 1.82) is 0 Å². The Hall–Kier alpha value is -3.20. The van der Waals surface area contributed by atoms with Crippen LogP contribution in [0.3, 0.4) is 0 Å². The van der Waals surface area contributed by atoms with Gasteiger partial charge in [0.05, 0.1) is 9.95 Å². The number of rotatable bonds is 7. The number of nitro benzene ring substituents is 1. The van der Waals surface area contributed by atoms with Gasteiger partial charge in [-0.15, -0.1) is 0 Å². The molecule has 2 aromatic carbocycles. The molecule has 0 aliphatic heterocycles. The van der Waals surface area contributed by atoms with E-state index >= 15 is 0 Å². The van der Waals surface area contributed by atoms with Crippen LogP contribution in [0.1, 0.15) is 0 Å². The van der Waals surface area contributed by atoms with E-state index in [2.05, 4.69) is 5.32 Å². The van der Waals surface area contributed by atoms with Gasteiger partial charge in [-0.25, -0.2) is 9.18 Å². The zero-order chi connectivity index (χ0) is 19.1. The molecule has 0 spiro atoms. The van der Waals surface area contributed by atoms with E-state index in [0.29, 0.717) is 0 Å². The van der Waals surface area contributed by atoms with Crippen LogP contribution in [0, 0.1) is 15.9 Å². The maximum absolute atomic E-state index is 13.0. The van der Waals surface area contributed by atoms with E-state index < -0.39 is 35.8 Å². The van der Waals surface area contributed by atoms with Gasteiger partial charge in [0.15, 0.2) is 19.0 Å². The summed E-state index contributed by atoms with van der Waals surface area (Å²) < 4.78 is 22.8. The molecule has 0 fully saturated rings. The lowest BCUT2D eigenvalue weighted by molar-refractivity contribution is -0.385. The van der Waals surface area contributed by atoms with Crippen LogP contribution in [0.4, 0.5) is 15.8 Å². The van der Waals surface area contributed by atoms with Crippen LogP contribution in [0.15, 0.2) is 42.5 Å². The zero-order valence-corrected chi connectivity index (χ0v) is 13.9. The normalized spacial score (nSPS) is 10.1. The summed E-state index contributed by atoms with van der Waals surface area (Å²) in [5.41, 5.74) is -0.0696. The van der Waals surface area contributed by atoms with Crippen LogP contribution in [0.25, 0.3) is 0 Å². The van der Waals surface area contributed by atoms with Crippen LogP contribution < -0.4 is 10.1 Å². The molecule has 26 heavy (non-hydrogen) atoms. The van der Waals surface area contributed by atoms with Crippen molar-refractivity contribution < 1.29 is 28.4 Å². The largest absolute Gasteiger partial charge is 0.475 e. The Morgan fingerprint density at radius 2 is 1.92 bits per heavy atom. The highest BCUT2D eigenvalue weighted by atomic mass is 35.5. The molecule has 0 aliphatic rings. The third-order valence-corrected chi connectivity index (χ3v) is 3.26. The van der Waals surface area contributed by atoms with Gasteiger partial charge in [-0.05, 0) is 24.3 Å². The minimum Gasteiger partial charge on any atom is -0.475 e. The highest BCUT2D eigenvalue weighted by Crippen LogP contribution is 2.25. The predicted octanol–water partition coefficient (Wildman–Crippen LogP) is 2.95. The van der Waals surface area contributed by atoms with E-state index in [4.69, 9.17) is 21.1 Å². The number of para-hydroxylation sites is 2. The molecular formula is C16H12ClFN2O6. The van der Waals surface area contributed by atoms with Crippen molar-refractivity contribution in [2.24, 2.45) is 0 Å². The Morgan fingerprint density at radius 3 is 2.62 bits per heavy atom. The second-order valence-corrected chi connectivity index (χ2v) is 5.26. The Labute approximate surface area is 151 Å². The highest BCUT2D eigenvalue weighted by molar-refractivity contribution is 6.31. The number of anilines is 1. The molecule has 0 unspecified atom stereocenters. The van der Waals surface area contributed by atoms with Crippen molar-refractivity contribution in [2.75, 3.05) is 18.5 Å². The molecule has 0 heterocycles. The average Bonchev–Trinajstić information content (AvgIpc) is 2.61. The first-order valence-corrected chi connectivity index (χ1v) is 7.51. The van der Waals surface area contributed by atoms with Gasteiger partial charge in [-0.3, -0.25) is 14.9 Å². The van der Waals surface area contributed by atoms with Gasteiger partial charge < -0.3 is 14.8 Å². The van der Waals surface area contributed by atoms with E-state index in [1.807, 2.05) is 0 Å². The lowest BCUT2D eigenvalue weighted by atomic mass is 10.3. The molecule has 8 nitrogen and oxygen atoms in total. The number of carbonyl (C=O) groups excluding carboxylic acids is 2. The number of ether oxygens (including phenoxy) is 2. The minimum atomic E-state index is -0.893. The third kappa shape index (κ3) is 5.42. The summed E-state index contributed by atoms with van der Waals surface area (Å²) in [5, 5.41) is 13.0. The van der Waals surface area contributed by atoms with Crippen molar-refractivity contribution in [3.05, 3.63) is 63.4 Å². The second-order valence-electron chi connectivity index (χ2n) is 4.85. The van der Waals surface area contributed by atoms with Gasteiger partial charge in [0.25, 0.3) is 5.91 Å². The first-order chi connectivity index (χ1) is 12.4. The van der Waals surface area contributed by atoms with Crippen molar-refractivity contribution >= 4 is 34.9 Å². The summed E-state index contributed by atoms with van der Waals surface area (Å²) in [4.78, 5) is 33.4. The lowest BCUT2D eigenvalue weighted by Gasteiger charge is -2.08. The summed E-state index contributed by atoms with van der Waals surface area (Å²) >= 11 is 5.58. The van der Waals surface area contributed by atoms with Crippen LogP contribution in [0.5, 0.6) is 5.75 Å². The molecule has 136 valence electrons. The molecule has 0 atom stereocenters. The Kier molecular flexibility index (Phi) is 6.45. The van der Waals surface area contributed by atoms with Gasteiger partial charge in [-0.1, -0.05) is 23.7 Å². The van der Waals surface area contributed by atoms with Crippen molar-refractivity contribution in [3.8, 4) is 5.75 Å². The number of nitrogens with zero attached hydrogens (tertiary/aromatic N) is 1. The second kappa shape index (κ2) is 8.77. The molecule has 1 N–H and O–H groups in total. The molecular weight excluding hydrogens is 371 g/mol. The Bertz CT molecular complexity index is 845. The minimum absolute atomic E-state index is 0.0974. The standard InChI is InChI=1S/C16H12ClFN2O6/c17-11-7-10(5-6-12(11)18)19-15(21)8-26-16(22)9-25-14-4-2-1-3-13(14)20(23)24/h1-7H,8-9H2,(H,19,21). The van der Waals surface area contributed by atoms with Crippen molar-refractivity contribution in [1.82, 2.24) is 0 Å². The predicted molar refractivity (Wildman–Crippen MR) is 89.6 cm³/mol. The first-order valence-electron chi connectivity index (χ1n) is 7.13. The number of carbonyl (C=O) groups is 2. The molecule has 0 aliphatic carbocycles. The number of esters is 1. The lowest BCUT2D eigenvalue weighted by Crippen LogP contribution is -2.23. The SMILES string of the molecule is O=C(COC(=O)COc1ccccc1[N+](=O)[O-])Nc1ccc(F)c(Cl)c1. The fourth-order valence-electron chi connectivity index (χ4n) is 1.83. The van der Waals surface area contributed by atoms with E-state index in [9.17, 15) is 24.1 Å². The molecule has 2 rings (SSSR count). The van der Waals surface area contributed by atoms with Crippen LogP contribution >= 0.6 is 11.6 Å². The molecule has 0 aromatic heterocycles. The number of nitro groups is 1. The van der Waals surface area contributed by atoms with Crippen LogP contribution in [0.2, 0.25) is 5.02 Å². The zero-order valence-electron chi connectivity index (χ0n) is 13.1. The maximum atomic E-state index is 13.0. The summed E-state index contributed by atoms with van der Waals surface area (Å²) in [6, 6.07) is 9.08. The summed E-state index contributed by atoms with van der Waals surface area (Å²) in [7, 11) is 0. The number of halogens is 2. The molecule has 0 bridgehead atoms. The van der Waals surface area contributed by atoms with Gasteiger partial charge in [-0.2, -0.15) is 0 Å². The molecule has 2 aromatic rings. The number of nitrogens with one attached hydrogen (secondary N) is 1. The monoisotopic (exact) mass is 382 g/mol. The summed E-state index contributed by atoms with van der Waals surface area (Å²) in [6.45, 7) is -1.23. The van der Waals surface area contributed by atoms with Crippen molar-refractivity contribution in [3.63, 3.8) is 0 Å². The van der Waals surface area contributed by atoms with Gasteiger partial charge in [0, 0.05) is 11.8 Å². The third-order valence-electron chi connectivity index (χ3n) is 2.98. The van der Waals surface area contributed by atoms with Crippen LogP contribution in [-0.2, 0) is 14.3 Å². The van der Waals surface area contributed by atoms with Gasteiger partial charge in [0.2, 0.25) is 0 Å². The first kappa shape index (κ1) is 19.1. The smallest absolute Gasteiger partial charge is 0.344 e. The van der Waals surface area contributed by atoms with Gasteiger partial charge in [0.1, 0.15) is 5.82 Å². The molecule has 0 radical (unpaired) electrons. The molecule has 0 saturated carbocycles. The van der Waals surface area contributed by atoms with E-state index in [-0.39, 0.29) is 22.1 Å². The van der Waals surface area contributed by atoms with Gasteiger partial charge >= 0.3 is 11.7 Å².